The molecule has 390 valence electrons. The Hall–Kier alpha value is -10.0. The van der Waals surface area contributed by atoms with Crippen molar-refractivity contribution in [2.75, 3.05) is 4.90 Å². The van der Waals surface area contributed by atoms with Gasteiger partial charge in [-0.3, -0.25) is 15.0 Å². The van der Waals surface area contributed by atoms with Crippen molar-refractivity contribution in [3.8, 4) is 112 Å². The number of aryl methyl sites for hydroxylation is 2. The fraction of sp³-hybridized carbons (Fsp3) is 0.0267. The van der Waals surface area contributed by atoms with Crippen LogP contribution in [0.5, 0.6) is 0 Å². The maximum Gasteiger partial charge on any atom is 3.00 e. The largest absolute Gasteiger partial charge is 3.00 e. The zero-order valence-electron chi connectivity index (χ0n) is 45.0. The van der Waals surface area contributed by atoms with Gasteiger partial charge in [0.25, 0.3) is 0 Å². The molecule has 6 nitrogen and oxygen atoms in total. The van der Waals surface area contributed by atoms with E-state index in [1.807, 2.05) is 79.3 Å². The van der Waals surface area contributed by atoms with Crippen molar-refractivity contribution < 1.29 is 20.1 Å². The van der Waals surface area contributed by atoms with Gasteiger partial charge in [-0.1, -0.05) is 181 Å². The van der Waals surface area contributed by atoms with E-state index < -0.39 is 0 Å². The van der Waals surface area contributed by atoms with Gasteiger partial charge in [0.05, 0.1) is 11.5 Å². The van der Waals surface area contributed by atoms with Crippen molar-refractivity contribution in [3.05, 3.63) is 303 Å². The Morgan fingerprint density at radius 1 is 0.293 bits per heavy atom. The molecule has 0 unspecified atom stereocenters. The van der Waals surface area contributed by atoms with Crippen molar-refractivity contribution in [1.82, 2.24) is 24.9 Å². The summed E-state index contributed by atoms with van der Waals surface area (Å²) in [6, 6.07) is 96.0. The first kappa shape index (κ1) is 52.6. The van der Waals surface area contributed by atoms with Crippen LogP contribution >= 0.6 is 0 Å². The standard InChI is InChI=1S/C75H51N6.Ir/c1-51-44-54(72-31-13-16-40-77-72)33-36-62(51)67-27-9-6-24-64(67)57-46-58(65-25-7-10-28-68(65)63-37-34-55(45-52(63)2)73-32-14-17-41-78-73)48-59(47-57)66-26-8-11-29-69(66)70-38-35-56(75-79-42-19-43-80-75)50-74(70)81(60-21-4-3-5-22-60)61-23-18-20-53(49-61)71-30-12-15-39-76-71;/h3-32,36-50H,1-2H3;/q-3;+3. The zero-order valence-corrected chi connectivity index (χ0v) is 47.4. The molecule has 0 radical (unpaired) electrons. The molecule has 0 aliphatic rings. The monoisotopic (exact) mass is 1230 g/mol. The third-order valence-corrected chi connectivity index (χ3v) is 14.8. The van der Waals surface area contributed by atoms with Crippen LogP contribution < -0.4 is 4.90 Å². The predicted octanol–water partition coefficient (Wildman–Crippen LogP) is 18.8. The smallest absolute Gasteiger partial charge is 0.328 e. The summed E-state index contributed by atoms with van der Waals surface area (Å²) in [7, 11) is 0. The second-order valence-corrected chi connectivity index (χ2v) is 19.9. The molecule has 0 amide bonds. The van der Waals surface area contributed by atoms with E-state index in [-0.39, 0.29) is 20.1 Å². The number of hydrogen-bond acceptors (Lipinski definition) is 6. The average molecular weight is 1230 g/mol. The van der Waals surface area contributed by atoms with Gasteiger partial charge in [-0.25, -0.2) is 0 Å². The van der Waals surface area contributed by atoms with Gasteiger partial charge in [0.15, 0.2) is 0 Å². The molecule has 13 aromatic rings. The van der Waals surface area contributed by atoms with Crippen molar-refractivity contribution in [1.29, 1.82) is 0 Å². The molecule has 13 rings (SSSR count). The average Bonchev–Trinajstić information content (AvgIpc) is 3.59. The van der Waals surface area contributed by atoms with E-state index in [9.17, 15) is 0 Å². The molecule has 0 saturated heterocycles. The second kappa shape index (κ2) is 23.7. The minimum Gasteiger partial charge on any atom is -0.328 e. The Labute approximate surface area is 492 Å². The summed E-state index contributed by atoms with van der Waals surface area (Å²) in [5.41, 5.74) is 24.4. The van der Waals surface area contributed by atoms with Crippen molar-refractivity contribution in [2.45, 2.75) is 13.8 Å². The van der Waals surface area contributed by atoms with Crippen LogP contribution in [0.2, 0.25) is 0 Å². The Morgan fingerprint density at radius 2 is 0.707 bits per heavy atom. The summed E-state index contributed by atoms with van der Waals surface area (Å²) in [4.78, 5) is 25.8. The SMILES string of the molecule is Cc1cc(-c2ccccn2)[c-]cc1-c1ccccc1-c1cc(-c2ccccc2-c2c[c-]c(-c3ccccn3)cc2C)cc(-c2ccccc2-c2c[c-]c(-c3ncccn3)cc2N(c2ccccc2)c2cccc(-c3ccccn3)c2)c1.[Ir+3]. The number of para-hydroxylation sites is 1. The molecule has 4 heterocycles. The molecule has 0 fully saturated rings. The molecule has 9 aromatic carbocycles. The van der Waals surface area contributed by atoms with E-state index >= 15 is 0 Å². The van der Waals surface area contributed by atoms with Crippen LogP contribution in [-0.4, -0.2) is 24.9 Å². The van der Waals surface area contributed by atoms with E-state index in [1.54, 1.807) is 12.4 Å². The van der Waals surface area contributed by atoms with E-state index in [1.165, 1.54) is 0 Å². The number of aromatic nitrogens is 5. The Morgan fingerprint density at radius 3 is 1.20 bits per heavy atom. The van der Waals surface area contributed by atoms with Gasteiger partial charge in [0.2, 0.25) is 0 Å². The molecule has 0 N–H and O–H groups in total. The number of benzene rings is 9. The van der Waals surface area contributed by atoms with Crippen LogP contribution in [-0.2, 0) is 20.1 Å². The maximum absolute atomic E-state index is 4.75. The summed E-state index contributed by atoms with van der Waals surface area (Å²) < 4.78 is 0. The fourth-order valence-corrected chi connectivity index (χ4v) is 10.9. The van der Waals surface area contributed by atoms with E-state index in [0.717, 1.165) is 134 Å². The molecule has 0 spiro atoms. The topological polar surface area (TPSA) is 67.7 Å². The summed E-state index contributed by atoms with van der Waals surface area (Å²) in [6.45, 7) is 4.35. The van der Waals surface area contributed by atoms with Crippen LogP contribution in [0.4, 0.5) is 17.1 Å². The normalized spacial score (nSPS) is 11.0. The molecule has 0 aliphatic heterocycles. The first-order valence-electron chi connectivity index (χ1n) is 27.0. The summed E-state index contributed by atoms with van der Waals surface area (Å²) in [5.74, 6) is 0.585. The van der Waals surface area contributed by atoms with Crippen LogP contribution in [0.25, 0.3) is 112 Å². The molecule has 0 saturated carbocycles. The molecule has 82 heavy (non-hydrogen) atoms. The third kappa shape index (κ3) is 10.7. The summed E-state index contributed by atoms with van der Waals surface area (Å²) >= 11 is 0. The minimum absolute atomic E-state index is 0. The molecule has 0 bridgehead atoms. The van der Waals surface area contributed by atoms with Gasteiger partial charge >= 0.3 is 20.1 Å². The molecular formula is C75H51IrN6. The van der Waals surface area contributed by atoms with Gasteiger partial charge in [-0.05, 0) is 123 Å². The van der Waals surface area contributed by atoms with Gasteiger partial charge in [-0.15, -0.1) is 82.4 Å². The molecule has 0 aliphatic carbocycles. The van der Waals surface area contributed by atoms with E-state index in [4.69, 9.17) is 15.0 Å². The number of pyridine rings is 3. The maximum atomic E-state index is 4.75. The van der Waals surface area contributed by atoms with Crippen molar-refractivity contribution in [3.63, 3.8) is 0 Å². The van der Waals surface area contributed by atoms with Crippen LogP contribution in [0.1, 0.15) is 11.1 Å². The minimum atomic E-state index is 0. The number of hydrogen-bond donors (Lipinski definition) is 0. The van der Waals surface area contributed by atoms with Crippen molar-refractivity contribution >= 4 is 17.1 Å². The fourth-order valence-electron chi connectivity index (χ4n) is 10.9. The second-order valence-electron chi connectivity index (χ2n) is 19.9. The molecule has 7 heteroatoms. The van der Waals surface area contributed by atoms with E-state index in [0.29, 0.717) is 5.82 Å². The number of nitrogens with zero attached hydrogens (tertiary/aromatic N) is 6. The molecular weight excluding hydrogens is 1180 g/mol. The quantitative estimate of drug-likeness (QED) is 0.107. The summed E-state index contributed by atoms with van der Waals surface area (Å²) in [6.07, 6.45) is 9.05. The molecule has 0 atom stereocenters. The van der Waals surface area contributed by atoms with Crippen molar-refractivity contribution in [2.24, 2.45) is 0 Å². The van der Waals surface area contributed by atoms with E-state index in [2.05, 4.69) is 229 Å². The van der Waals surface area contributed by atoms with Gasteiger partial charge in [0.1, 0.15) is 0 Å². The third-order valence-electron chi connectivity index (χ3n) is 14.8. The van der Waals surface area contributed by atoms with Gasteiger partial charge in [-0.2, -0.15) is 0 Å². The Kier molecular flexibility index (Phi) is 15.2. The van der Waals surface area contributed by atoms with Crippen LogP contribution in [0.3, 0.4) is 0 Å². The number of rotatable bonds is 13. The summed E-state index contributed by atoms with van der Waals surface area (Å²) in [5, 5.41) is 0. The number of anilines is 3. The first-order valence-corrected chi connectivity index (χ1v) is 27.0. The Bertz CT molecular complexity index is 4210. The van der Waals surface area contributed by atoms with Crippen LogP contribution in [0, 0.1) is 32.0 Å². The zero-order chi connectivity index (χ0) is 54.5. The molecule has 4 aromatic heterocycles. The first-order chi connectivity index (χ1) is 40.0. The van der Waals surface area contributed by atoms with Crippen LogP contribution in [0.15, 0.2) is 274 Å². The Balaban J connectivity index is 0.00000665. The van der Waals surface area contributed by atoms with Gasteiger partial charge in [0, 0.05) is 47.9 Å². The predicted molar refractivity (Wildman–Crippen MR) is 330 cm³/mol. The van der Waals surface area contributed by atoms with Gasteiger partial charge < -0.3 is 14.9 Å².